The molecule has 2 N–H and O–H groups in total. The highest BCUT2D eigenvalue weighted by Gasteiger charge is 2.32. The maximum atomic E-state index is 3.75. The van der Waals surface area contributed by atoms with Crippen molar-refractivity contribution in [1.82, 2.24) is 0 Å². The van der Waals surface area contributed by atoms with Crippen LogP contribution < -0.4 is 10.6 Å². The summed E-state index contributed by atoms with van der Waals surface area (Å²) in [4.78, 5) is 0. The van der Waals surface area contributed by atoms with Crippen molar-refractivity contribution in [3.05, 3.63) is 58.1 Å². The number of aryl methyl sites for hydroxylation is 4. The van der Waals surface area contributed by atoms with E-state index in [0.717, 1.165) is 0 Å². The first kappa shape index (κ1) is 16.9. The Kier molecular flexibility index (Phi) is 4.58. The average Bonchev–Trinajstić information content (AvgIpc) is 2.54. The van der Waals surface area contributed by atoms with E-state index in [9.17, 15) is 0 Å². The molecule has 0 spiro atoms. The van der Waals surface area contributed by atoms with Gasteiger partial charge in [0.25, 0.3) is 0 Å². The summed E-state index contributed by atoms with van der Waals surface area (Å²) in [5.74, 6) is 1.12. The van der Waals surface area contributed by atoms with Gasteiger partial charge < -0.3 is 10.6 Å². The summed E-state index contributed by atoms with van der Waals surface area (Å²) < 4.78 is 0. The van der Waals surface area contributed by atoms with Gasteiger partial charge in [-0.3, -0.25) is 0 Å². The summed E-state index contributed by atoms with van der Waals surface area (Å²) in [7, 11) is 0. The van der Waals surface area contributed by atoms with Crippen LogP contribution in [0, 0.1) is 33.6 Å². The second-order valence-electron chi connectivity index (χ2n) is 7.46. The molecule has 2 aromatic rings. The first-order valence-electron chi connectivity index (χ1n) is 9.12. The van der Waals surface area contributed by atoms with Gasteiger partial charge in [0, 0.05) is 17.3 Å². The lowest BCUT2D eigenvalue weighted by molar-refractivity contribution is 0.395. The zero-order chi connectivity index (χ0) is 17.4. The van der Waals surface area contributed by atoms with Crippen molar-refractivity contribution in [2.45, 2.75) is 60.0 Å². The second kappa shape index (κ2) is 6.51. The molecule has 0 saturated heterocycles. The molecule has 128 valence electrons. The van der Waals surface area contributed by atoms with E-state index in [2.05, 4.69) is 82.5 Å². The monoisotopic (exact) mass is 322 g/mol. The van der Waals surface area contributed by atoms with Gasteiger partial charge in [0.1, 0.15) is 0 Å². The Hall–Kier alpha value is -1.96. The summed E-state index contributed by atoms with van der Waals surface area (Å²) >= 11 is 0. The number of nitrogens with one attached hydrogen (secondary N) is 2. The van der Waals surface area contributed by atoms with Crippen LogP contribution in [0.4, 0.5) is 11.4 Å². The molecule has 0 saturated carbocycles. The van der Waals surface area contributed by atoms with Gasteiger partial charge in [-0.05, 0) is 86.1 Å². The Morgan fingerprint density at radius 1 is 0.917 bits per heavy atom. The van der Waals surface area contributed by atoms with E-state index < -0.39 is 0 Å². The lowest BCUT2D eigenvalue weighted by Crippen LogP contribution is -2.42. The third-order valence-electron chi connectivity index (χ3n) is 5.81. The minimum Gasteiger partial charge on any atom is -0.365 e. The highest BCUT2D eigenvalue weighted by Crippen LogP contribution is 2.41. The van der Waals surface area contributed by atoms with Crippen LogP contribution in [0.15, 0.2) is 30.3 Å². The van der Waals surface area contributed by atoms with Crippen molar-refractivity contribution >= 4 is 11.4 Å². The fourth-order valence-electron chi connectivity index (χ4n) is 3.85. The van der Waals surface area contributed by atoms with Crippen LogP contribution >= 0.6 is 0 Å². The molecule has 1 heterocycles. The molecule has 0 aromatic heterocycles. The van der Waals surface area contributed by atoms with E-state index in [1.54, 1.807) is 0 Å². The van der Waals surface area contributed by atoms with Gasteiger partial charge in [-0.15, -0.1) is 0 Å². The van der Waals surface area contributed by atoms with Crippen LogP contribution in [-0.4, -0.2) is 6.17 Å². The summed E-state index contributed by atoms with van der Waals surface area (Å²) in [6.45, 7) is 13.4. The fourth-order valence-corrected chi connectivity index (χ4v) is 3.85. The molecule has 0 bridgehead atoms. The molecule has 2 heteroatoms. The Bertz CT molecular complexity index is 748. The number of rotatable bonds is 3. The first-order valence-corrected chi connectivity index (χ1v) is 9.12. The molecule has 1 aliphatic heterocycles. The maximum Gasteiger partial charge on any atom is 0.0996 e. The van der Waals surface area contributed by atoms with E-state index >= 15 is 0 Å². The van der Waals surface area contributed by atoms with Crippen LogP contribution in [-0.2, 0) is 0 Å². The number of hydrogen-bond acceptors (Lipinski definition) is 2. The largest absolute Gasteiger partial charge is 0.365 e. The number of anilines is 2. The smallest absolute Gasteiger partial charge is 0.0996 e. The Morgan fingerprint density at radius 2 is 1.58 bits per heavy atom. The molecule has 2 aromatic carbocycles. The van der Waals surface area contributed by atoms with Gasteiger partial charge >= 0.3 is 0 Å². The van der Waals surface area contributed by atoms with Crippen LogP contribution in [0.25, 0.3) is 0 Å². The zero-order valence-corrected chi connectivity index (χ0v) is 15.8. The highest BCUT2D eigenvalue weighted by molar-refractivity contribution is 5.61. The SMILES string of the molecule is CCC1c2cc(C)c(C)cc2NC(Nc2ccc(C)c(C)c2)C1C. The predicted octanol–water partition coefficient (Wildman–Crippen LogP) is 5.91. The van der Waals surface area contributed by atoms with Gasteiger partial charge in [0.2, 0.25) is 0 Å². The average molecular weight is 322 g/mol. The van der Waals surface area contributed by atoms with Gasteiger partial charge in [-0.1, -0.05) is 26.0 Å². The van der Waals surface area contributed by atoms with Crippen molar-refractivity contribution < 1.29 is 0 Å². The second-order valence-corrected chi connectivity index (χ2v) is 7.46. The molecule has 1 aliphatic rings. The van der Waals surface area contributed by atoms with Gasteiger partial charge in [-0.2, -0.15) is 0 Å². The topological polar surface area (TPSA) is 24.1 Å². The van der Waals surface area contributed by atoms with Gasteiger partial charge in [0.15, 0.2) is 0 Å². The van der Waals surface area contributed by atoms with Crippen molar-refractivity contribution in [1.29, 1.82) is 0 Å². The van der Waals surface area contributed by atoms with E-state index in [4.69, 9.17) is 0 Å². The Morgan fingerprint density at radius 3 is 2.25 bits per heavy atom. The Balaban J connectivity index is 1.92. The molecule has 3 atom stereocenters. The first-order chi connectivity index (χ1) is 11.4. The summed E-state index contributed by atoms with van der Waals surface area (Å²) in [5, 5.41) is 7.48. The fraction of sp³-hybridized carbons (Fsp3) is 0.455. The lowest BCUT2D eigenvalue weighted by atomic mass is 9.78. The molecule has 24 heavy (non-hydrogen) atoms. The molecular formula is C22H30N2. The van der Waals surface area contributed by atoms with Crippen LogP contribution in [0.5, 0.6) is 0 Å². The summed E-state index contributed by atoms with van der Waals surface area (Å²) in [6.07, 6.45) is 1.43. The molecule has 0 fully saturated rings. The molecule has 3 rings (SSSR count). The maximum absolute atomic E-state index is 3.75. The van der Waals surface area contributed by atoms with Crippen molar-refractivity contribution in [2.24, 2.45) is 5.92 Å². The molecule has 0 radical (unpaired) electrons. The summed E-state index contributed by atoms with van der Waals surface area (Å²) in [6, 6.07) is 11.3. The van der Waals surface area contributed by atoms with Crippen molar-refractivity contribution in [3.8, 4) is 0 Å². The van der Waals surface area contributed by atoms with Crippen LogP contribution in [0.3, 0.4) is 0 Å². The van der Waals surface area contributed by atoms with Gasteiger partial charge in [-0.25, -0.2) is 0 Å². The van der Waals surface area contributed by atoms with Crippen molar-refractivity contribution in [3.63, 3.8) is 0 Å². The number of hydrogen-bond donors (Lipinski definition) is 2. The van der Waals surface area contributed by atoms with E-state index in [0.29, 0.717) is 11.8 Å². The van der Waals surface area contributed by atoms with E-state index in [1.165, 1.54) is 45.6 Å². The molecule has 0 aliphatic carbocycles. The minimum atomic E-state index is 0.256. The predicted molar refractivity (Wildman–Crippen MR) is 105 cm³/mol. The molecule has 2 nitrogen and oxygen atoms in total. The van der Waals surface area contributed by atoms with E-state index in [-0.39, 0.29) is 6.17 Å². The highest BCUT2D eigenvalue weighted by atomic mass is 15.1. The van der Waals surface area contributed by atoms with Gasteiger partial charge in [0.05, 0.1) is 6.17 Å². The lowest BCUT2D eigenvalue weighted by Gasteiger charge is -2.40. The standard InChI is InChI=1S/C22H30N2/c1-7-19-17(6)22(23-18-9-8-13(2)14(3)10-18)24-21-12-16(5)15(4)11-20(19)21/h8-12,17,19,22-24H,7H2,1-6H3. The normalized spacial score (nSPS) is 22.7. The van der Waals surface area contributed by atoms with E-state index in [1.807, 2.05) is 0 Å². The quantitative estimate of drug-likeness (QED) is 0.733. The summed E-state index contributed by atoms with van der Waals surface area (Å²) in [5.41, 5.74) is 9.40. The molecule has 0 amide bonds. The number of fused-ring (bicyclic) bond motifs is 1. The third kappa shape index (κ3) is 3.02. The number of benzene rings is 2. The van der Waals surface area contributed by atoms with Crippen molar-refractivity contribution in [2.75, 3.05) is 10.6 Å². The minimum absolute atomic E-state index is 0.256. The van der Waals surface area contributed by atoms with Crippen LogP contribution in [0.1, 0.15) is 54.0 Å². The Labute approximate surface area is 146 Å². The zero-order valence-electron chi connectivity index (χ0n) is 15.8. The molecule has 3 unspecified atom stereocenters. The van der Waals surface area contributed by atoms with Crippen LogP contribution in [0.2, 0.25) is 0 Å². The molecular weight excluding hydrogens is 292 g/mol. The third-order valence-corrected chi connectivity index (χ3v) is 5.81.